The summed E-state index contributed by atoms with van der Waals surface area (Å²) in [4.78, 5) is 12.5. The van der Waals surface area contributed by atoms with Crippen LogP contribution in [0.15, 0.2) is 47.4 Å². The minimum absolute atomic E-state index is 0.0339. The van der Waals surface area contributed by atoms with Crippen LogP contribution in [-0.2, 0) is 10.0 Å². The van der Waals surface area contributed by atoms with Crippen molar-refractivity contribution in [2.45, 2.75) is 18.2 Å². The Morgan fingerprint density at radius 1 is 1.20 bits per heavy atom. The summed E-state index contributed by atoms with van der Waals surface area (Å²) in [5, 5.41) is 3.12. The van der Waals surface area contributed by atoms with Gasteiger partial charge in [-0.25, -0.2) is 13.1 Å². The molecule has 0 aliphatic rings. The summed E-state index contributed by atoms with van der Waals surface area (Å²) in [5.74, 6) is -0.0146. The van der Waals surface area contributed by atoms with Gasteiger partial charge in [0.15, 0.2) is 0 Å². The van der Waals surface area contributed by atoms with E-state index in [1.165, 1.54) is 31.4 Å². The summed E-state index contributed by atoms with van der Waals surface area (Å²) < 4.78 is 32.0. The Morgan fingerprint density at radius 2 is 1.96 bits per heavy atom. The molecule has 6 nitrogen and oxygen atoms in total. The maximum absolute atomic E-state index is 12.5. The van der Waals surface area contributed by atoms with Crippen molar-refractivity contribution in [3.63, 3.8) is 0 Å². The van der Waals surface area contributed by atoms with Crippen molar-refractivity contribution in [3.05, 3.63) is 53.1 Å². The van der Waals surface area contributed by atoms with Gasteiger partial charge in [0.2, 0.25) is 10.0 Å². The van der Waals surface area contributed by atoms with Crippen molar-refractivity contribution in [3.8, 4) is 5.75 Å². The summed E-state index contributed by atoms with van der Waals surface area (Å²) in [6.45, 7) is 2.20. The van der Waals surface area contributed by atoms with E-state index in [0.717, 1.165) is 0 Å². The van der Waals surface area contributed by atoms with E-state index in [1.807, 2.05) is 6.92 Å². The summed E-state index contributed by atoms with van der Waals surface area (Å²) in [6, 6.07) is 10.6. The van der Waals surface area contributed by atoms with Crippen LogP contribution in [0.25, 0.3) is 0 Å². The lowest BCUT2D eigenvalue weighted by molar-refractivity contribution is 0.102. The second-order valence-electron chi connectivity index (χ2n) is 5.22. The number of anilines is 1. The highest BCUT2D eigenvalue weighted by Crippen LogP contribution is 2.28. The zero-order valence-corrected chi connectivity index (χ0v) is 15.4. The Morgan fingerprint density at radius 3 is 2.64 bits per heavy atom. The smallest absolute Gasteiger partial charge is 0.255 e. The van der Waals surface area contributed by atoms with Crippen LogP contribution in [0.3, 0.4) is 0 Å². The number of benzene rings is 2. The molecule has 0 saturated carbocycles. The fourth-order valence-electron chi connectivity index (χ4n) is 2.10. The minimum Gasteiger partial charge on any atom is -0.495 e. The first kappa shape index (κ1) is 19.2. The van der Waals surface area contributed by atoms with Crippen molar-refractivity contribution in [1.82, 2.24) is 4.72 Å². The lowest BCUT2D eigenvalue weighted by atomic mass is 10.2. The van der Waals surface area contributed by atoms with Gasteiger partial charge < -0.3 is 10.1 Å². The van der Waals surface area contributed by atoms with Gasteiger partial charge in [0.25, 0.3) is 5.91 Å². The van der Waals surface area contributed by atoms with Crippen LogP contribution < -0.4 is 14.8 Å². The second-order valence-corrected chi connectivity index (χ2v) is 7.43. The normalized spacial score (nSPS) is 11.2. The van der Waals surface area contributed by atoms with Crippen LogP contribution >= 0.6 is 11.6 Å². The van der Waals surface area contributed by atoms with E-state index in [0.29, 0.717) is 29.4 Å². The van der Waals surface area contributed by atoms with Gasteiger partial charge in [0.1, 0.15) is 5.75 Å². The molecule has 1 amide bonds. The Bertz CT molecular complexity index is 869. The number of carbonyl (C=O) groups excluding carboxylic acids is 1. The predicted molar refractivity (Wildman–Crippen MR) is 97.9 cm³/mol. The van der Waals surface area contributed by atoms with E-state index in [2.05, 4.69) is 10.0 Å². The summed E-state index contributed by atoms with van der Waals surface area (Å²) in [5.41, 5.74) is 0.610. The van der Waals surface area contributed by atoms with Crippen LogP contribution in [0, 0.1) is 0 Å². The van der Waals surface area contributed by atoms with E-state index < -0.39 is 15.9 Å². The monoisotopic (exact) mass is 382 g/mol. The minimum atomic E-state index is -3.65. The van der Waals surface area contributed by atoms with Crippen LogP contribution in [-0.4, -0.2) is 28.0 Å². The molecule has 0 atom stereocenters. The molecule has 2 aromatic carbocycles. The maximum atomic E-state index is 12.5. The first-order chi connectivity index (χ1) is 11.9. The molecule has 0 heterocycles. The first-order valence-electron chi connectivity index (χ1n) is 7.62. The lowest BCUT2D eigenvalue weighted by Gasteiger charge is -2.11. The van der Waals surface area contributed by atoms with Crippen LogP contribution in [0.4, 0.5) is 5.69 Å². The Hall–Kier alpha value is -2.09. The zero-order valence-electron chi connectivity index (χ0n) is 13.9. The summed E-state index contributed by atoms with van der Waals surface area (Å²) >= 11 is 5.94. The summed E-state index contributed by atoms with van der Waals surface area (Å²) in [7, 11) is -2.17. The van der Waals surface area contributed by atoms with Gasteiger partial charge >= 0.3 is 0 Å². The predicted octanol–water partition coefficient (Wildman–Crippen LogP) is 3.29. The average Bonchev–Trinajstić information content (AvgIpc) is 2.60. The lowest BCUT2D eigenvalue weighted by Crippen LogP contribution is -2.24. The van der Waals surface area contributed by atoms with Gasteiger partial charge in [-0.3, -0.25) is 4.79 Å². The van der Waals surface area contributed by atoms with Gasteiger partial charge in [-0.05, 0) is 42.8 Å². The van der Waals surface area contributed by atoms with Crippen molar-refractivity contribution in [1.29, 1.82) is 0 Å². The second kappa shape index (κ2) is 8.33. The molecule has 2 rings (SSSR count). The molecule has 2 N–H and O–H groups in total. The van der Waals surface area contributed by atoms with E-state index in [4.69, 9.17) is 16.3 Å². The van der Waals surface area contributed by atoms with Crippen LogP contribution in [0.1, 0.15) is 23.7 Å². The fourth-order valence-corrected chi connectivity index (χ4v) is 3.45. The number of hydrogen-bond donors (Lipinski definition) is 2. The van der Waals surface area contributed by atoms with Gasteiger partial charge in [-0.15, -0.1) is 0 Å². The number of sulfonamides is 1. The SMILES string of the molecule is CCCNS(=O)(=O)c1cccc(C(=O)Nc2cc(Cl)ccc2OC)c1. The van der Waals surface area contributed by atoms with E-state index in [-0.39, 0.29) is 10.5 Å². The van der Waals surface area contributed by atoms with E-state index in [1.54, 1.807) is 18.2 Å². The number of nitrogens with one attached hydrogen (secondary N) is 2. The Balaban J connectivity index is 2.26. The highest BCUT2D eigenvalue weighted by Gasteiger charge is 2.16. The molecule has 134 valence electrons. The number of ether oxygens (including phenoxy) is 1. The summed E-state index contributed by atoms with van der Waals surface area (Å²) in [6.07, 6.45) is 0.675. The van der Waals surface area contributed by atoms with Crippen LogP contribution in [0.5, 0.6) is 5.75 Å². The molecule has 0 radical (unpaired) electrons. The van der Waals surface area contributed by atoms with Gasteiger partial charge in [0, 0.05) is 17.1 Å². The fraction of sp³-hybridized carbons (Fsp3) is 0.235. The molecule has 0 bridgehead atoms. The molecule has 0 aliphatic carbocycles. The number of amides is 1. The largest absolute Gasteiger partial charge is 0.495 e. The highest BCUT2D eigenvalue weighted by atomic mass is 35.5. The van der Waals surface area contributed by atoms with Crippen molar-refractivity contribution < 1.29 is 17.9 Å². The van der Waals surface area contributed by atoms with Crippen molar-refractivity contribution in [2.24, 2.45) is 0 Å². The number of halogens is 1. The van der Waals surface area contributed by atoms with Crippen molar-refractivity contribution in [2.75, 3.05) is 19.0 Å². The number of rotatable bonds is 7. The molecule has 0 saturated heterocycles. The Kier molecular flexibility index (Phi) is 6.41. The maximum Gasteiger partial charge on any atom is 0.255 e. The van der Waals surface area contributed by atoms with Gasteiger partial charge in [-0.2, -0.15) is 0 Å². The zero-order chi connectivity index (χ0) is 18.4. The van der Waals surface area contributed by atoms with Gasteiger partial charge in [-0.1, -0.05) is 24.6 Å². The third-order valence-corrected chi connectivity index (χ3v) is 5.05. The quantitative estimate of drug-likeness (QED) is 0.769. The molecule has 0 fully saturated rings. The molecular weight excluding hydrogens is 364 g/mol. The molecule has 0 aromatic heterocycles. The first-order valence-corrected chi connectivity index (χ1v) is 9.48. The number of hydrogen-bond acceptors (Lipinski definition) is 4. The Labute approximate surface area is 152 Å². The van der Waals surface area contributed by atoms with Gasteiger partial charge in [0.05, 0.1) is 17.7 Å². The molecular formula is C17H19ClN2O4S. The highest BCUT2D eigenvalue weighted by molar-refractivity contribution is 7.89. The number of methoxy groups -OCH3 is 1. The van der Waals surface area contributed by atoms with Crippen LogP contribution in [0.2, 0.25) is 5.02 Å². The molecule has 25 heavy (non-hydrogen) atoms. The molecule has 0 unspecified atom stereocenters. The average molecular weight is 383 g/mol. The standard InChI is InChI=1S/C17H19ClN2O4S/c1-3-9-19-25(22,23)14-6-4-5-12(10-14)17(21)20-15-11-13(18)7-8-16(15)24-2/h4-8,10-11,19H,3,9H2,1-2H3,(H,20,21). The molecule has 8 heteroatoms. The third-order valence-electron chi connectivity index (χ3n) is 3.36. The third kappa shape index (κ3) is 4.94. The molecule has 0 spiro atoms. The topological polar surface area (TPSA) is 84.5 Å². The number of carbonyl (C=O) groups is 1. The molecule has 0 aliphatic heterocycles. The molecule has 2 aromatic rings. The van der Waals surface area contributed by atoms with E-state index >= 15 is 0 Å². The van der Waals surface area contributed by atoms with E-state index in [9.17, 15) is 13.2 Å². The van der Waals surface area contributed by atoms with Crippen molar-refractivity contribution >= 4 is 33.2 Å².